The largest absolute Gasteiger partial charge is 0.478 e. The van der Waals surface area contributed by atoms with Crippen molar-refractivity contribution in [1.29, 1.82) is 0 Å². The van der Waals surface area contributed by atoms with Gasteiger partial charge in [0.05, 0.1) is 23.8 Å². The lowest BCUT2D eigenvalue weighted by atomic mass is 10.1. The molecule has 1 aromatic carbocycles. The molecule has 106 valence electrons. The number of rotatable bonds is 5. The van der Waals surface area contributed by atoms with Crippen LogP contribution >= 0.6 is 11.8 Å². The van der Waals surface area contributed by atoms with Crippen molar-refractivity contribution in [2.75, 3.05) is 12.4 Å². The van der Waals surface area contributed by atoms with Crippen molar-refractivity contribution in [3.8, 4) is 0 Å². The van der Waals surface area contributed by atoms with Gasteiger partial charge in [-0.25, -0.2) is 4.79 Å². The van der Waals surface area contributed by atoms with Gasteiger partial charge in [0.1, 0.15) is 0 Å². The lowest BCUT2D eigenvalue weighted by Gasteiger charge is -2.12. The molecule has 1 unspecified atom stereocenters. The van der Waals surface area contributed by atoms with Crippen molar-refractivity contribution in [1.82, 2.24) is 0 Å². The van der Waals surface area contributed by atoms with Crippen LogP contribution in [0.25, 0.3) is 0 Å². The molecular formula is C11H11F3O4S. The second-order valence-electron chi connectivity index (χ2n) is 3.66. The molecule has 0 aliphatic carbocycles. The quantitative estimate of drug-likeness (QED) is 0.723. The summed E-state index contributed by atoms with van der Waals surface area (Å²) >= 11 is 0.869. The number of carboxylic acids is 1. The van der Waals surface area contributed by atoms with Gasteiger partial charge in [0.15, 0.2) is 0 Å². The first-order chi connectivity index (χ1) is 8.75. The van der Waals surface area contributed by atoms with Gasteiger partial charge in [0, 0.05) is 10.6 Å². The highest BCUT2D eigenvalue weighted by molar-refractivity contribution is 7.99. The van der Waals surface area contributed by atoms with Crippen LogP contribution in [-0.4, -0.2) is 39.8 Å². The summed E-state index contributed by atoms with van der Waals surface area (Å²) in [6, 6.07) is 2.37. The van der Waals surface area contributed by atoms with E-state index in [1.165, 1.54) is 0 Å². The predicted octanol–water partition coefficient (Wildman–Crippen LogP) is 1.85. The number of carboxylic acid groups (broad SMARTS) is 1. The summed E-state index contributed by atoms with van der Waals surface area (Å²) in [5, 5.41) is 26.6. The Morgan fingerprint density at radius 3 is 2.47 bits per heavy atom. The zero-order valence-corrected chi connectivity index (χ0v) is 10.3. The summed E-state index contributed by atoms with van der Waals surface area (Å²) in [4.78, 5) is 11.0. The van der Waals surface area contributed by atoms with E-state index < -0.39 is 36.0 Å². The Hall–Kier alpha value is -1.25. The summed E-state index contributed by atoms with van der Waals surface area (Å²) in [5.41, 5.74) is -1.53. The van der Waals surface area contributed by atoms with Crippen molar-refractivity contribution < 1.29 is 33.3 Å². The molecular weight excluding hydrogens is 285 g/mol. The molecule has 19 heavy (non-hydrogen) atoms. The van der Waals surface area contributed by atoms with Gasteiger partial charge in [0.25, 0.3) is 0 Å². The molecule has 0 fully saturated rings. The Kier molecular flexibility index (Phi) is 5.21. The van der Waals surface area contributed by atoms with Gasteiger partial charge in [0.2, 0.25) is 0 Å². The first kappa shape index (κ1) is 15.8. The molecule has 0 amide bonds. The molecule has 0 saturated carbocycles. The highest BCUT2D eigenvalue weighted by Gasteiger charge is 2.31. The number of hydrogen-bond acceptors (Lipinski definition) is 4. The smallest absolute Gasteiger partial charge is 0.416 e. The highest BCUT2D eigenvalue weighted by Crippen LogP contribution is 2.33. The lowest BCUT2D eigenvalue weighted by molar-refractivity contribution is -0.137. The molecule has 0 aromatic heterocycles. The van der Waals surface area contributed by atoms with Crippen LogP contribution in [0.3, 0.4) is 0 Å². The third kappa shape index (κ3) is 4.41. The standard InChI is InChI=1S/C11H11F3O4S/c12-11(13,14)6-1-2-9(8(3-6)10(17)18)19-5-7(16)4-15/h1-3,7,15-16H,4-5H2,(H,17,18). The molecule has 4 nitrogen and oxygen atoms in total. The second-order valence-corrected chi connectivity index (χ2v) is 4.72. The zero-order valence-electron chi connectivity index (χ0n) is 9.52. The maximum atomic E-state index is 12.5. The molecule has 0 spiro atoms. The minimum atomic E-state index is -4.61. The maximum absolute atomic E-state index is 12.5. The fourth-order valence-corrected chi connectivity index (χ4v) is 2.18. The van der Waals surface area contributed by atoms with Crippen molar-refractivity contribution in [2.24, 2.45) is 0 Å². The van der Waals surface area contributed by atoms with Gasteiger partial charge < -0.3 is 15.3 Å². The van der Waals surface area contributed by atoms with E-state index >= 15 is 0 Å². The second kappa shape index (κ2) is 6.27. The van der Waals surface area contributed by atoms with E-state index in [0.29, 0.717) is 6.07 Å². The van der Waals surface area contributed by atoms with Crippen LogP contribution in [0.1, 0.15) is 15.9 Å². The number of benzene rings is 1. The Balaban J connectivity index is 3.02. The molecule has 1 aromatic rings. The minimum Gasteiger partial charge on any atom is -0.478 e. The van der Waals surface area contributed by atoms with E-state index in [0.717, 1.165) is 23.9 Å². The Morgan fingerprint density at radius 2 is 2.00 bits per heavy atom. The average Bonchev–Trinajstić information content (AvgIpc) is 2.34. The van der Waals surface area contributed by atoms with Crippen LogP contribution in [0.4, 0.5) is 13.2 Å². The fourth-order valence-electron chi connectivity index (χ4n) is 1.24. The predicted molar refractivity (Wildman–Crippen MR) is 62.2 cm³/mol. The maximum Gasteiger partial charge on any atom is 0.416 e. The van der Waals surface area contributed by atoms with Gasteiger partial charge in [-0.3, -0.25) is 0 Å². The van der Waals surface area contributed by atoms with Crippen molar-refractivity contribution in [3.63, 3.8) is 0 Å². The number of hydrogen-bond donors (Lipinski definition) is 3. The van der Waals surface area contributed by atoms with Crippen molar-refractivity contribution >= 4 is 17.7 Å². The van der Waals surface area contributed by atoms with Gasteiger partial charge in [-0.05, 0) is 18.2 Å². The Bertz CT molecular complexity index is 462. The molecule has 0 aliphatic rings. The highest BCUT2D eigenvalue weighted by atomic mass is 32.2. The SMILES string of the molecule is O=C(O)c1cc(C(F)(F)F)ccc1SCC(O)CO. The molecule has 0 aliphatic heterocycles. The summed E-state index contributed by atoms with van der Waals surface area (Å²) in [6.45, 7) is -0.504. The van der Waals surface area contributed by atoms with Gasteiger partial charge >= 0.3 is 12.1 Å². The number of aliphatic hydroxyl groups is 2. The van der Waals surface area contributed by atoms with Gasteiger partial charge in [-0.15, -0.1) is 11.8 Å². The van der Waals surface area contributed by atoms with Crippen LogP contribution in [0, 0.1) is 0 Å². The first-order valence-electron chi connectivity index (χ1n) is 5.12. The molecule has 0 saturated heterocycles. The molecule has 0 heterocycles. The lowest BCUT2D eigenvalue weighted by Crippen LogP contribution is -2.15. The number of alkyl halides is 3. The molecule has 1 atom stereocenters. The minimum absolute atomic E-state index is 0.0118. The Morgan fingerprint density at radius 1 is 1.37 bits per heavy atom. The number of carbonyl (C=O) groups is 1. The number of halogens is 3. The normalized spacial score (nSPS) is 13.3. The molecule has 0 bridgehead atoms. The van der Waals surface area contributed by atoms with Gasteiger partial charge in [-0.1, -0.05) is 0 Å². The van der Waals surface area contributed by atoms with Crippen LogP contribution in [0.15, 0.2) is 23.1 Å². The van der Waals surface area contributed by atoms with Crippen molar-refractivity contribution in [3.05, 3.63) is 29.3 Å². The van der Waals surface area contributed by atoms with Gasteiger partial charge in [-0.2, -0.15) is 13.2 Å². The summed E-state index contributed by atoms with van der Waals surface area (Å²) in [7, 11) is 0. The third-order valence-electron chi connectivity index (χ3n) is 2.18. The molecule has 0 radical (unpaired) electrons. The monoisotopic (exact) mass is 296 g/mol. The summed E-state index contributed by atoms with van der Waals surface area (Å²) in [6.07, 6.45) is -5.67. The van der Waals surface area contributed by atoms with Crippen LogP contribution < -0.4 is 0 Å². The van der Waals surface area contributed by atoms with E-state index in [-0.39, 0.29) is 10.6 Å². The summed E-state index contributed by atoms with van der Waals surface area (Å²) in [5.74, 6) is -1.49. The number of aliphatic hydroxyl groups excluding tert-OH is 2. The first-order valence-corrected chi connectivity index (χ1v) is 6.10. The number of aromatic carboxylic acids is 1. The molecule has 1 rings (SSSR count). The topological polar surface area (TPSA) is 77.8 Å². The van der Waals surface area contributed by atoms with Crippen LogP contribution in [0.5, 0.6) is 0 Å². The third-order valence-corrected chi connectivity index (χ3v) is 3.40. The van der Waals surface area contributed by atoms with E-state index in [2.05, 4.69) is 0 Å². The van der Waals surface area contributed by atoms with E-state index in [1.807, 2.05) is 0 Å². The van der Waals surface area contributed by atoms with Crippen molar-refractivity contribution in [2.45, 2.75) is 17.2 Å². The fraction of sp³-hybridized carbons (Fsp3) is 0.364. The number of thioether (sulfide) groups is 1. The molecule has 3 N–H and O–H groups in total. The molecule has 8 heteroatoms. The zero-order chi connectivity index (χ0) is 14.6. The van der Waals surface area contributed by atoms with E-state index in [4.69, 9.17) is 15.3 Å². The van der Waals surface area contributed by atoms with E-state index in [9.17, 15) is 18.0 Å². The van der Waals surface area contributed by atoms with Crippen LogP contribution in [-0.2, 0) is 6.18 Å². The van der Waals surface area contributed by atoms with E-state index in [1.54, 1.807) is 0 Å². The van der Waals surface area contributed by atoms with Crippen LogP contribution in [0.2, 0.25) is 0 Å². The summed E-state index contributed by atoms with van der Waals surface area (Å²) < 4.78 is 37.4. The Labute approximate surface area is 110 Å². The average molecular weight is 296 g/mol.